The van der Waals surface area contributed by atoms with Crippen LogP contribution in [0.1, 0.15) is 38.1 Å². The minimum Gasteiger partial charge on any atom is -0.389 e. The highest BCUT2D eigenvalue weighted by Crippen LogP contribution is 2.38. The van der Waals surface area contributed by atoms with Gasteiger partial charge in [0.25, 0.3) is 0 Å². The molecule has 0 saturated heterocycles. The van der Waals surface area contributed by atoms with Crippen molar-refractivity contribution in [3.05, 3.63) is 16.4 Å². The third-order valence-corrected chi connectivity index (χ3v) is 4.06. The highest BCUT2D eigenvalue weighted by Gasteiger charge is 2.44. The molecular weight excluding hydrogens is 252 g/mol. The third-order valence-electron chi connectivity index (χ3n) is 3.57. The van der Waals surface area contributed by atoms with Crippen molar-refractivity contribution in [1.82, 2.24) is 9.78 Å². The Balaban J connectivity index is 2.06. The molecule has 1 fully saturated rings. The van der Waals surface area contributed by atoms with Crippen LogP contribution in [0.2, 0.25) is 5.02 Å². The SMILES string of the molecule is CCOC1CC(O)(Cc2c(Cl)c(C)nn2CC)C1. The van der Waals surface area contributed by atoms with E-state index < -0.39 is 5.60 Å². The maximum Gasteiger partial charge on any atom is 0.0848 e. The van der Waals surface area contributed by atoms with E-state index in [1.54, 1.807) is 0 Å². The van der Waals surface area contributed by atoms with E-state index in [0.717, 1.165) is 17.9 Å². The van der Waals surface area contributed by atoms with Crippen molar-refractivity contribution in [2.75, 3.05) is 6.61 Å². The van der Waals surface area contributed by atoms with Crippen LogP contribution in [0.4, 0.5) is 0 Å². The molecule has 0 aromatic carbocycles. The van der Waals surface area contributed by atoms with Crippen molar-refractivity contribution >= 4 is 11.6 Å². The van der Waals surface area contributed by atoms with Gasteiger partial charge in [0.05, 0.1) is 28.1 Å². The van der Waals surface area contributed by atoms with Crippen LogP contribution >= 0.6 is 11.6 Å². The molecule has 0 radical (unpaired) electrons. The van der Waals surface area contributed by atoms with E-state index in [0.29, 0.717) is 30.9 Å². The monoisotopic (exact) mass is 272 g/mol. The van der Waals surface area contributed by atoms with Gasteiger partial charge in [0.2, 0.25) is 0 Å². The lowest BCUT2D eigenvalue weighted by Crippen LogP contribution is -2.50. The summed E-state index contributed by atoms with van der Waals surface area (Å²) in [6, 6.07) is 0. The predicted octanol–water partition coefficient (Wildman–Crippen LogP) is 2.34. The first-order valence-electron chi connectivity index (χ1n) is 6.55. The number of nitrogens with zero attached hydrogens (tertiary/aromatic N) is 2. The van der Waals surface area contributed by atoms with E-state index in [4.69, 9.17) is 16.3 Å². The summed E-state index contributed by atoms with van der Waals surface area (Å²) in [5.41, 5.74) is 1.09. The van der Waals surface area contributed by atoms with E-state index in [9.17, 15) is 5.11 Å². The smallest absolute Gasteiger partial charge is 0.0848 e. The third kappa shape index (κ3) is 2.56. The van der Waals surface area contributed by atoms with Gasteiger partial charge in [0, 0.05) is 32.4 Å². The molecular formula is C13H21ClN2O2. The van der Waals surface area contributed by atoms with Crippen LogP contribution in [-0.2, 0) is 17.7 Å². The Kier molecular flexibility index (Phi) is 3.99. The van der Waals surface area contributed by atoms with Crippen LogP contribution in [0, 0.1) is 6.92 Å². The van der Waals surface area contributed by atoms with Crippen molar-refractivity contribution in [1.29, 1.82) is 0 Å². The first-order valence-corrected chi connectivity index (χ1v) is 6.92. The number of hydrogen-bond acceptors (Lipinski definition) is 3. The fourth-order valence-corrected chi connectivity index (χ4v) is 2.84. The summed E-state index contributed by atoms with van der Waals surface area (Å²) in [5.74, 6) is 0. The highest BCUT2D eigenvalue weighted by molar-refractivity contribution is 6.31. The molecule has 0 spiro atoms. The lowest BCUT2D eigenvalue weighted by atomic mass is 9.74. The van der Waals surface area contributed by atoms with Crippen LogP contribution in [-0.4, -0.2) is 33.2 Å². The van der Waals surface area contributed by atoms with Crippen molar-refractivity contribution in [3.8, 4) is 0 Å². The summed E-state index contributed by atoms with van der Waals surface area (Å²) in [6.07, 6.45) is 2.12. The van der Waals surface area contributed by atoms with Gasteiger partial charge in [-0.15, -0.1) is 0 Å². The number of hydrogen-bond donors (Lipinski definition) is 1. The Bertz CT molecular complexity index is 425. The first-order chi connectivity index (χ1) is 8.49. The minimum absolute atomic E-state index is 0.192. The van der Waals surface area contributed by atoms with E-state index in [1.807, 2.05) is 25.5 Å². The number of aromatic nitrogens is 2. The van der Waals surface area contributed by atoms with Gasteiger partial charge in [-0.25, -0.2) is 0 Å². The van der Waals surface area contributed by atoms with Crippen molar-refractivity contribution < 1.29 is 9.84 Å². The fraction of sp³-hybridized carbons (Fsp3) is 0.769. The van der Waals surface area contributed by atoms with Crippen LogP contribution < -0.4 is 0 Å². The van der Waals surface area contributed by atoms with Gasteiger partial charge in [0.1, 0.15) is 0 Å². The zero-order valence-electron chi connectivity index (χ0n) is 11.2. The van der Waals surface area contributed by atoms with Crippen LogP contribution in [0.3, 0.4) is 0 Å². The van der Waals surface area contributed by atoms with Crippen LogP contribution in [0.5, 0.6) is 0 Å². The van der Waals surface area contributed by atoms with Gasteiger partial charge >= 0.3 is 0 Å². The Labute approximate surface area is 113 Å². The fourth-order valence-electron chi connectivity index (χ4n) is 2.64. The summed E-state index contributed by atoms with van der Waals surface area (Å²) >= 11 is 6.25. The molecule has 0 atom stereocenters. The zero-order valence-corrected chi connectivity index (χ0v) is 12.0. The van der Waals surface area contributed by atoms with E-state index in [1.165, 1.54) is 0 Å². The Hall–Kier alpha value is -0.580. The molecule has 0 unspecified atom stereocenters. The van der Waals surface area contributed by atoms with Crippen LogP contribution in [0.25, 0.3) is 0 Å². The summed E-state index contributed by atoms with van der Waals surface area (Å²) in [5, 5.41) is 15.5. The van der Waals surface area contributed by atoms with Gasteiger partial charge < -0.3 is 9.84 Å². The van der Waals surface area contributed by atoms with Crippen LogP contribution in [0.15, 0.2) is 0 Å². The zero-order chi connectivity index (χ0) is 13.3. The molecule has 102 valence electrons. The van der Waals surface area contributed by atoms with Crippen molar-refractivity contribution in [3.63, 3.8) is 0 Å². The summed E-state index contributed by atoms with van der Waals surface area (Å²) in [6.45, 7) is 7.37. The largest absolute Gasteiger partial charge is 0.389 e. The molecule has 1 N–H and O–H groups in total. The lowest BCUT2D eigenvalue weighted by Gasteiger charge is -2.43. The summed E-state index contributed by atoms with van der Waals surface area (Å²) < 4.78 is 7.37. The standard InChI is InChI=1S/C13H21ClN2O2/c1-4-16-11(12(14)9(3)15-16)8-13(17)6-10(7-13)18-5-2/h10,17H,4-8H2,1-3H3. The van der Waals surface area contributed by atoms with Gasteiger partial charge in [-0.2, -0.15) is 5.10 Å². The number of halogens is 1. The number of aryl methyl sites for hydroxylation is 2. The van der Waals surface area contributed by atoms with Crippen molar-refractivity contribution in [2.24, 2.45) is 0 Å². The minimum atomic E-state index is -0.678. The number of aliphatic hydroxyl groups is 1. The van der Waals surface area contributed by atoms with Gasteiger partial charge in [-0.05, 0) is 20.8 Å². The topological polar surface area (TPSA) is 47.3 Å². The Morgan fingerprint density at radius 3 is 2.72 bits per heavy atom. The molecule has 0 aliphatic heterocycles. The van der Waals surface area contributed by atoms with Gasteiger partial charge in [-0.3, -0.25) is 4.68 Å². The van der Waals surface area contributed by atoms with Gasteiger partial charge in [0.15, 0.2) is 0 Å². The second-order valence-electron chi connectivity index (χ2n) is 5.05. The summed E-state index contributed by atoms with van der Waals surface area (Å²) in [4.78, 5) is 0. The number of rotatable bonds is 5. The van der Waals surface area contributed by atoms with E-state index in [-0.39, 0.29) is 6.10 Å². The number of ether oxygens (including phenoxy) is 1. The molecule has 1 heterocycles. The Morgan fingerprint density at radius 1 is 1.50 bits per heavy atom. The lowest BCUT2D eigenvalue weighted by molar-refractivity contribution is -0.137. The first kappa shape index (κ1) is 13.8. The second kappa shape index (κ2) is 5.19. The maximum atomic E-state index is 10.4. The molecule has 1 aromatic heterocycles. The quantitative estimate of drug-likeness (QED) is 0.895. The molecule has 2 rings (SSSR count). The molecule has 1 saturated carbocycles. The molecule has 0 bridgehead atoms. The molecule has 0 amide bonds. The summed E-state index contributed by atoms with van der Waals surface area (Å²) in [7, 11) is 0. The molecule has 18 heavy (non-hydrogen) atoms. The van der Waals surface area contributed by atoms with Crippen molar-refractivity contribution in [2.45, 2.75) is 58.3 Å². The molecule has 4 nitrogen and oxygen atoms in total. The highest BCUT2D eigenvalue weighted by atomic mass is 35.5. The predicted molar refractivity (Wildman–Crippen MR) is 70.9 cm³/mol. The molecule has 1 aliphatic rings. The molecule has 1 aromatic rings. The second-order valence-corrected chi connectivity index (χ2v) is 5.43. The normalized spacial score (nSPS) is 27.3. The average Bonchev–Trinajstić information content (AvgIpc) is 2.55. The molecule has 1 aliphatic carbocycles. The average molecular weight is 273 g/mol. The van der Waals surface area contributed by atoms with E-state index >= 15 is 0 Å². The molecule has 5 heteroatoms. The maximum absolute atomic E-state index is 10.4. The Morgan fingerprint density at radius 2 is 2.17 bits per heavy atom. The van der Waals surface area contributed by atoms with Gasteiger partial charge in [-0.1, -0.05) is 11.6 Å². The van der Waals surface area contributed by atoms with E-state index in [2.05, 4.69) is 5.10 Å².